The van der Waals surface area contributed by atoms with E-state index in [1.165, 1.54) is 0 Å². The van der Waals surface area contributed by atoms with Gasteiger partial charge in [0.2, 0.25) is 0 Å². The molecule has 0 saturated carbocycles. The van der Waals surface area contributed by atoms with Gasteiger partial charge in [-0.3, -0.25) is 4.79 Å². The number of benzene rings is 1. The van der Waals surface area contributed by atoms with Gasteiger partial charge in [-0.1, -0.05) is 11.2 Å². The van der Waals surface area contributed by atoms with Gasteiger partial charge in [0, 0.05) is 11.3 Å². The van der Waals surface area contributed by atoms with Crippen LogP contribution in [0.25, 0.3) is 0 Å². The summed E-state index contributed by atoms with van der Waals surface area (Å²) < 4.78 is 5.12. The molecule has 20 heavy (non-hydrogen) atoms. The molecule has 0 fully saturated rings. The van der Waals surface area contributed by atoms with E-state index in [1.807, 2.05) is 33.8 Å². The lowest BCUT2D eigenvalue weighted by molar-refractivity contribution is 0.0940. The summed E-state index contributed by atoms with van der Waals surface area (Å²) in [6.45, 7) is 7.52. The van der Waals surface area contributed by atoms with Crippen LogP contribution in [-0.4, -0.2) is 11.1 Å². The lowest BCUT2D eigenvalue weighted by Crippen LogP contribution is -2.28. The Labute approximate surface area is 118 Å². The Balaban J connectivity index is 2.19. The number of amides is 1. The summed E-state index contributed by atoms with van der Waals surface area (Å²) in [6, 6.07) is 5.20. The number of carbonyl (C=O) groups is 1. The molecule has 0 bridgehead atoms. The number of carbonyl (C=O) groups excluding carboxylic acids is 1. The third-order valence-electron chi connectivity index (χ3n) is 3.32. The molecule has 0 saturated heterocycles. The molecule has 3 N–H and O–H groups in total. The monoisotopic (exact) mass is 273 g/mol. The summed E-state index contributed by atoms with van der Waals surface area (Å²) in [5.41, 5.74) is 9.56. The first-order valence-electron chi connectivity index (χ1n) is 6.50. The zero-order chi connectivity index (χ0) is 14.9. The first-order chi connectivity index (χ1) is 9.40. The van der Waals surface area contributed by atoms with Crippen LogP contribution in [0.4, 0.5) is 5.69 Å². The number of nitrogen functional groups attached to an aromatic ring is 1. The molecule has 106 valence electrons. The first-order valence-corrected chi connectivity index (χ1v) is 6.50. The molecule has 0 aliphatic rings. The average Bonchev–Trinajstić information content (AvgIpc) is 2.68. The number of hydrogen-bond acceptors (Lipinski definition) is 4. The van der Waals surface area contributed by atoms with Crippen molar-refractivity contribution in [2.45, 2.75) is 33.7 Å². The van der Waals surface area contributed by atoms with Crippen molar-refractivity contribution >= 4 is 11.6 Å². The topological polar surface area (TPSA) is 81.2 Å². The maximum atomic E-state index is 12.3. The lowest BCUT2D eigenvalue weighted by atomic mass is 10.1. The highest BCUT2D eigenvalue weighted by molar-refractivity contribution is 5.99. The Morgan fingerprint density at radius 3 is 2.60 bits per heavy atom. The predicted molar refractivity (Wildman–Crippen MR) is 77.4 cm³/mol. The van der Waals surface area contributed by atoms with E-state index in [2.05, 4.69) is 10.5 Å². The highest BCUT2D eigenvalue weighted by atomic mass is 16.5. The number of rotatable bonds is 3. The van der Waals surface area contributed by atoms with Gasteiger partial charge in [-0.25, -0.2) is 0 Å². The minimum absolute atomic E-state index is 0.186. The maximum absolute atomic E-state index is 12.3. The highest BCUT2D eigenvalue weighted by Crippen LogP contribution is 2.22. The van der Waals surface area contributed by atoms with E-state index in [9.17, 15) is 4.79 Å². The van der Waals surface area contributed by atoms with Crippen molar-refractivity contribution in [1.82, 2.24) is 10.5 Å². The van der Waals surface area contributed by atoms with Crippen molar-refractivity contribution in [2.75, 3.05) is 5.73 Å². The van der Waals surface area contributed by atoms with Crippen molar-refractivity contribution in [3.8, 4) is 0 Å². The molecule has 1 heterocycles. The second-order valence-electron chi connectivity index (χ2n) is 5.02. The van der Waals surface area contributed by atoms with Crippen LogP contribution >= 0.6 is 0 Å². The summed E-state index contributed by atoms with van der Waals surface area (Å²) in [5.74, 6) is 0.516. The third kappa shape index (κ3) is 2.66. The summed E-state index contributed by atoms with van der Waals surface area (Å²) >= 11 is 0. The van der Waals surface area contributed by atoms with Gasteiger partial charge in [-0.15, -0.1) is 0 Å². The molecular formula is C15H19N3O2. The van der Waals surface area contributed by atoms with Crippen LogP contribution in [0.1, 0.15) is 45.9 Å². The normalized spacial score (nSPS) is 12.2. The molecule has 5 heteroatoms. The summed E-state index contributed by atoms with van der Waals surface area (Å²) in [6.07, 6.45) is 0. The van der Waals surface area contributed by atoms with Crippen LogP contribution in [0, 0.1) is 20.8 Å². The molecule has 0 aliphatic heterocycles. The van der Waals surface area contributed by atoms with E-state index in [0.717, 1.165) is 16.8 Å². The smallest absolute Gasteiger partial charge is 0.253 e. The minimum Gasteiger partial charge on any atom is -0.398 e. The zero-order valence-corrected chi connectivity index (χ0v) is 12.2. The lowest BCUT2D eigenvalue weighted by Gasteiger charge is -2.15. The first kappa shape index (κ1) is 14.1. The highest BCUT2D eigenvalue weighted by Gasteiger charge is 2.19. The molecule has 0 radical (unpaired) electrons. The molecule has 5 nitrogen and oxygen atoms in total. The van der Waals surface area contributed by atoms with E-state index in [-0.39, 0.29) is 11.9 Å². The van der Waals surface area contributed by atoms with Crippen molar-refractivity contribution in [2.24, 2.45) is 0 Å². The van der Waals surface area contributed by atoms with E-state index in [0.29, 0.717) is 17.0 Å². The SMILES string of the molecule is Cc1ccc(C(=O)NC(C)c2c(C)noc2C)c(N)c1. The molecular weight excluding hydrogens is 254 g/mol. The van der Waals surface area contributed by atoms with Gasteiger partial charge in [-0.2, -0.15) is 0 Å². The molecule has 1 atom stereocenters. The van der Waals surface area contributed by atoms with Crippen molar-refractivity contribution < 1.29 is 9.32 Å². The van der Waals surface area contributed by atoms with Crippen LogP contribution in [0.2, 0.25) is 0 Å². The van der Waals surface area contributed by atoms with E-state index in [1.54, 1.807) is 12.1 Å². The molecule has 1 unspecified atom stereocenters. The largest absolute Gasteiger partial charge is 0.398 e. The Morgan fingerprint density at radius 2 is 2.05 bits per heavy atom. The number of nitrogens with two attached hydrogens (primary N) is 1. The fourth-order valence-electron chi connectivity index (χ4n) is 2.34. The second-order valence-corrected chi connectivity index (χ2v) is 5.02. The summed E-state index contributed by atoms with van der Waals surface area (Å²) in [7, 11) is 0. The Bertz CT molecular complexity index is 627. The Kier molecular flexibility index (Phi) is 3.79. The fourth-order valence-corrected chi connectivity index (χ4v) is 2.34. The Morgan fingerprint density at radius 1 is 1.35 bits per heavy atom. The molecule has 0 aliphatic carbocycles. The standard InChI is InChI=1S/C15H19N3O2/c1-8-5-6-12(13(16)7-8)15(19)17-9(2)14-10(3)18-20-11(14)4/h5-7,9H,16H2,1-4H3,(H,17,19). The van der Waals surface area contributed by atoms with Gasteiger partial charge in [-0.05, 0) is 45.4 Å². The van der Waals surface area contributed by atoms with E-state index < -0.39 is 0 Å². The van der Waals surface area contributed by atoms with E-state index in [4.69, 9.17) is 10.3 Å². The number of aryl methyl sites for hydroxylation is 3. The number of nitrogens with one attached hydrogen (secondary N) is 1. The molecule has 2 aromatic rings. The molecule has 2 rings (SSSR count). The van der Waals surface area contributed by atoms with Crippen molar-refractivity contribution in [3.63, 3.8) is 0 Å². The second kappa shape index (κ2) is 5.36. The molecule has 1 aromatic heterocycles. The Hall–Kier alpha value is -2.30. The zero-order valence-electron chi connectivity index (χ0n) is 12.2. The number of nitrogens with zero attached hydrogens (tertiary/aromatic N) is 1. The summed E-state index contributed by atoms with van der Waals surface area (Å²) in [5, 5.41) is 6.82. The minimum atomic E-state index is -0.199. The number of hydrogen-bond donors (Lipinski definition) is 2. The van der Waals surface area contributed by atoms with Gasteiger partial charge in [0.25, 0.3) is 5.91 Å². The van der Waals surface area contributed by atoms with Crippen LogP contribution in [0.5, 0.6) is 0 Å². The third-order valence-corrected chi connectivity index (χ3v) is 3.32. The average molecular weight is 273 g/mol. The van der Waals surface area contributed by atoms with E-state index >= 15 is 0 Å². The van der Waals surface area contributed by atoms with Gasteiger partial charge in [0.15, 0.2) is 0 Å². The van der Waals surface area contributed by atoms with Crippen LogP contribution in [-0.2, 0) is 0 Å². The molecule has 0 spiro atoms. The predicted octanol–water partition coefficient (Wildman–Crippen LogP) is 2.67. The van der Waals surface area contributed by atoms with Crippen LogP contribution in [0.15, 0.2) is 22.7 Å². The quantitative estimate of drug-likeness (QED) is 0.842. The number of anilines is 1. The van der Waals surface area contributed by atoms with Gasteiger partial charge >= 0.3 is 0 Å². The van der Waals surface area contributed by atoms with Gasteiger partial charge in [0.05, 0.1) is 17.3 Å². The van der Waals surface area contributed by atoms with Gasteiger partial charge in [0.1, 0.15) is 5.76 Å². The summed E-state index contributed by atoms with van der Waals surface area (Å²) in [4.78, 5) is 12.3. The maximum Gasteiger partial charge on any atom is 0.253 e. The fraction of sp³-hybridized carbons (Fsp3) is 0.333. The van der Waals surface area contributed by atoms with Crippen molar-refractivity contribution in [3.05, 3.63) is 46.3 Å². The number of aromatic nitrogens is 1. The van der Waals surface area contributed by atoms with Crippen molar-refractivity contribution in [1.29, 1.82) is 0 Å². The molecule has 1 amide bonds. The van der Waals surface area contributed by atoms with Gasteiger partial charge < -0.3 is 15.6 Å². The van der Waals surface area contributed by atoms with Crippen LogP contribution in [0.3, 0.4) is 0 Å². The molecule has 1 aromatic carbocycles. The van der Waals surface area contributed by atoms with Crippen LogP contribution < -0.4 is 11.1 Å².